The van der Waals surface area contributed by atoms with E-state index in [-0.39, 0.29) is 5.82 Å². The van der Waals surface area contributed by atoms with Crippen molar-refractivity contribution >= 4 is 52.8 Å². The normalized spacial score (nSPS) is 11.1. The van der Waals surface area contributed by atoms with Gasteiger partial charge in [-0.2, -0.15) is 0 Å². The lowest BCUT2D eigenvalue weighted by Crippen LogP contribution is -2.40. The second-order valence-corrected chi connectivity index (χ2v) is 10.2. The van der Waals surface area contributed by atoms with Crippen molar-refractivity contribution in [2.45, 2.75) is 72.7 Å². The highest BCUT2D eigenvalue weighted by molar-refractivity contribution is 5.84. The third kappa shape index (κ3) is 7.50. The first-order valence-electron chi connectivity index (χ1n) is 13.5. The van der Waals surface area contributed by atoms with Crippen LogP contribution < -0.4 is 25.6 Å². The summed E-state index contributed by atoms with van der Waals surface area (Å²) in [6.07, 6.45) is 3.69. The van der Waals surface area contributed by atoms with E-state index < -0.39 is 18.2 Å². The minimum atomic E-state index is -0.514. The molecule has 0 unspecified atom stereocenters. The number of anilines is 2. The number of hydrogen-bond acceptors (Lipinski definition) is 8. The molecule has 1 aromatic carbocycles. The Bertz CT molecular complexity index is 1500. The Balaban J connectivity index is 0.00000147. The molecule has 3 aromatic heterocycles. The molecule has 0 saturated heterocycles. The molecular weight excluding hydrogens is 528 g/mol. The molecule has 13 nitrogen and oxygen atoms in total. The molecule has 220 valence electrons. The highest BCUT2D eigenvalue weighted by atomic mass is 16.6. The fourth-order valence-electron chi connectivity index (χ4n) is 4.67. The number of aromatic amines is 1. The van der Waals surface area contributed by atoms with E-state index >= 15 is 0 Å². The van der Waals surface area contributed by atoms with Gasteiger partial charge in [0, 0.05) is 19.2 Å². The maximum Gasteiger partial charge on any atom is 0.407 e. The largest absolute Gasteiger partial charge is 0.554 e. The predicted octanol–water partition coefficient (Wildman–Crippen LogP) is 1.81. The first-order valence-corrected chi connectivity index (χ1v) is 13.5. The van der Waals surface area contributed by atoms with Gasteiger partial charge in [-0.1, -0.05) is 6.07 Å². The molecule has 0 aliphatic heterocycles. The Morgan fingerprint density at radius 3 is 2.61 bits per heavy atom. The van der Waals surface area contributed by atoms with Crippen LogP contribution in [0.15, 0.2) is 30.5 Å². The number of nitrogens with one attached hydrogen (secondary N) is 2. The molecule has 0 atom stereocenters. The Kier molecular flexibility index (Phi) is 10.2. The summed E-state index contributed by atoms with van der Waals surface area (Å²) in [7, 11) is 0. The lowest BCUT2D eigenvalue weighted by atomic mass is 10.1. The number of carbonyl (C=O) groups is 3. The first-order chi connectivity index (χ1) is 19.6. The number of alkyl carbamates (subject to hydrolysis) is 1. The van der Waals surface area contributed by atoms with Gasteiger partial charge >= 0.3 is 6.09 Å². The van der Waals surface area contributed by atoms with Gasteiger partial charge in [-0.05, 0) is 71.2 Å². The fraction of sp³-hybridized carbons (Fsp3) is 0.429. The lowest BCUT2D eigenvalue weighted by Gasteiger charge is -2.19. The van der Waals surface area contributed by atoms with Crippen LogP contribution in [-0.4, -0.2) is 50.6 Å². The fourth-order valence-corrected chi connectivity index (χ4v) is 4.67. The number of carbonyl (C=O) groups excluding carboxylic acids is 3. The quantitative estimate of drug-likeness (QED) is 0.148. The van der Waals surface area contributed by atoms with Crippen molar-refractivity contribution in [1.29, 1.82) is 0 Å². The van der Waals surface area contributed by atoms with E-state index in [1.54, 1.807) is 12.3 Å². The molecule has 0 saturated carbocycles. The van der Waals surface area contributed by atoms with Gasteiger partial charge in [-0.25, -0.2) is 23.9 Å². The molecule has 4 rings (SSSR count). The molecule has 0 bridgehead atoms. The van der Waals surface area contributed by atoms with E-state index in [1.165, 1.54) is 10.5 Å². The number of imidazole rings is 1. The van der Waals surface area contributed by atoms with Gasteiger partial charge < -0.3 is 30.7 Å². The number of rotatable bonds is 10. The Hall–Kier alpha value is -4.68. The zero-order valence-electron chi connectivity index (χ0n) is 24.1. The van der Waals surface area contributed by atoms with E-state index in [9.17, 15) is 9.59 Å². The topological polar surface area (TPSA) is 175 Å². The number of aryl methyl sites for hydroxylation is 3. The average Bonchev–Trinajstić information content (AvgIpc) is 3.49. The van der Waals surface area contributed by atoms with Crippen LogP contribution in [0, 0.1) is 0 Å². The summed E-state index contributed by atoms with van der Waals surface area (Å²) in [5, 5.41) is 11.1. The van der Waals surface area contributed by atoms with Gasteiger partial charge in [-0.15, -0.1) is 0 Å². The van der Waals surface area contributed by atoms with Gasteiger partial charge in [0.2, 0.25) is 6.41 Å². The van der Waals surface area contributed by atoms with Crippen molar-refractivity contribution in [3.8, 4) is 0 Å². The summed E-state index contributed by atoms with van der Waals surface area (Å²) in [6, 6.07) is 8.23. The summed E-state index contributed by atoms with van der Waals surface area (Å²) in [4.78, 5) is 45.8. The molecule has 41 heavy (non-hydrogen) atoms. The molecule has 0 aliphatic carbocycles. The van der Waals surface area contributed by atoms with Crippen LogP contribution >= 0.6 is 0 Å². The van der Waals surface area contributed by atoms with Gasteiger partial charge in [-0.3, -0.25) is 9.69 Å². The zero-order chi connectivity index (χ0) is 30.2. The van der Waals surface area contributed by atoms with Crippen LogP contribution in [0.3, 0.4) is 0 Å². The minimum absolute atomic E-state index is 0.191. The van der Waals surface area contributed by atoms with Gasteiger partial charge in [0.05, 0.1) is 13.1 Å². The number of H-pyrrole nitrogens is 1. The van der Waals surface area contributed by atoms with Crippen molar-refractivity contribution in [1.82, 2.24) is 24.8 Å². The number of nitrogen functional groups attached to an aromatic ring is 1. The van der Waals surface area contributed by atoms with Crippen molar-refractivity contribution < 1.29 is 28.8 Å². The van der Waals surface area contributed by atoms with Crippen LogP contribution in [0.25, 0.3) is 22.2 Å². The number of benzene rings is 1. The highest BCUT2D eigenvalue weighted by Gasteiger charge is 2.27. The number of fused-ring (bicyclic) bond motifs is 2. The number of amides is 2. The number of nitrogens with two attached hydrogens (primary N) is 1. The summed E-state index contributed by atoms with van der Waals surface area (Å²) in [6.45, 7) is 11.5. The number of aromatic nitrogens is 5. The monoisotopic (exact) mass is 566 g/mol. The molecule has 4 N–H and O–H groups in total. The van der Waals surface area contributed by atoms with Crippen molar-refractivity contribution in [2.24, 2.45) is 0 Å². The third-order valence-corrected chi connectivity index (χ3v) is 6.29. The van der Waals surface area contributed by atoms with Crippen LogP contribution in [0.4, 0.5) is 16.4 Å². The number of carboxylic acid groups (broad SMARTS) is 1. The number of nitrogens with zero attached hydrogens (tertiary/aromatic N) is 5. The first kappa shape index (κ1) is 30.9. The maximum atomic E-state index is 12.2. The van der Waals surface area contributed by atoms with Crippen LogP contribution in [0.5, 0.6) is 0 Å². The average molecular weight is 567 g/mol. The Morgan fingerprint density at radius 2 is 1.98 bits per heavy atom. The van der Waals surface area contributed by atoms with Gasteiger partial charge in [0.25, 0.3) is 5.82 Å². The van der Waals surface area contributed by atoms with E-state index in [1.807, 2.05) is 20.8 Å². The summed E-state index contributed by atoms with van der Waals surface area (Å²) in [5.41, 5.74) is 10.2. The second kappa shape index (κ2) is 13.6. The molecule has 0 radical (unpaired) electrons. The van der Waals surface area contributed by atoms with Crippen LogP contribution in [0.1, 0.15) is 52.4 Å². The van der Waals surface area contributed by atoms with Crippen molar-refractivity contribution in [3.63, 3.8) is 0 Å². The summed E-state index contributed by atoms with van der Waals surface area (Å²) >= 11 is 0. The van der Waals surface area contributed by atoms with Crippen LogP contribution in [-0.2, 0) is 40.4 Å². The van der Waals surface area contributed by atoms with Crippen LogP contribution in [0.2, 0.25) is 0 Å². The van der Waals surface area contributed by atoms with Crippen molar-refractivity contribution in [3.05, 3.63) is 41.9 Å². The maximum absolute atomic E-state index is 12.2. The molecule has 0 spiro atoms. The van der Waals surface area contributed by atoms with Crippen molar-refractivity contribution in [2.75, 3.05) is 17.2 Å². The van der Waals surface area contributed by atoms with E-state index in [2.05, 4.69) is 61.4 Å². The highest BCUT2D eigenvalue weighted by Crippen LogP contribution is 2.24. The third-order valence-electron chi connectivity index (χ3n) is 6.29. The second-order valence-electron chi connectivity index (χ2n) is 10.2. The smallest absolute Gasteiger partial charge is 0.407 e. The Labute approximate surface area is 238 Å². The molecule has 3 heterocycles. The molecular formula is C28H38N8O5. The van der Waals surface area contributed by atoms with E-state index in [0.717, 1.165) is 49.2 Å². The zero-order valence-corrected chi connectivity index (χ0v) is 24.1. The molecule has 13 heteroatoms. The minimum Gasteiger partial charge on any atom is -0.554 e. The molecule has 0 aliphatic rings. The number of hydrogen-bond donors (Lipinski definition) is 3. The SMILES string of the molecule is CCn1c(CN(C=O)c2nc3cc[nH]c3nc2N)[n+](CC)c2ccc(CCCNC(=O)OC(C)(C)C)cc21.O=C[O-]. The van der Waals surface area contributed by atoms with Gasteiger partial charge in [0.15, 0.2) is 28.3 Å². The lowest BCUT2D eigenvalue weighted by molar-refractivity contribution is -0.676. The molecule has 2 amide bonds. The van der Waals surface area contributed by atoms with Gasteiger partial charge in [0.1, 0.15) is 17.7 Å². The Morgan fingerprint density at radius 1 is 1.24 bits per heavy atom. The molecule has 0 fully saturated rings. The predicted molar refractivity (Wildman–Crippen MR) is 153 cm³/mol. The van der Waals surface area contributed by atoms with E-state index in [0.29, 0.717) is 30.1 Å². The standard InChI is InChI=1S/C27H36N8O3.CH2O2/c1-6-34-20-11-10-18(9-8-13-30-26(37)38-27(3,4)5)15-21(20)35(7-2)22(34)16-33(17-36)25-23(28)32-24-19(31-25)12-14-29-24;2-1-3/h10-12,14-15,17H,6-9,13,16H2,1-5H3,(H3-,28,29,30,31,32,37);1H,(H,2,3). The number of ether oxygens (including phenoxy) is 1. The van der Waals surface area contributed by atoms with E-state index in [4.69, 9.17) is 20.4 Å². The molecule has 4 aromatic rings. The summed E-state index contributed by atoms with van der Waals surface area (Å²) < 4.78 is 9.73. The summed E-state index contributed by atoms with van der Waals surface area (Å²) in [5.74, 6) is 1.49.